The molecule has 0 aliphatic rings. The molecule has 1 unspecified atom stereocenters. The number of rotatable bonds is 10. The van der Waals surface area contributed by atoms with Gasteiger partial charge in [-0.2, -0.15) is 0 Å². The van der Waals surface area contributed by atoms with Crippen LogP contribution in [0, 0.1) is 5.92 Å². The van der Waals surface area contributed by atoms with Crippen LogP contribution in [0.5, 0.6) is 0 Å². The van der Waals surface area contributed by atoms with Gasteiger partial charge in [0, 0.05) is 13.2 Å². The standard InChI is InChI=1S/C11H23NO2/c1-3-4-5-11(2)6-8-14-9-7-12-10-13/h10-11H,3-9H2,1-2H3,(H,12,13). The van der Waals surface area contributed by atoms with Gasteiger partial charge in [0.2, 0.25) is 6.41 Å². The van der Waals surface area contributed by atoms with E-state index in [9.17, 15) is 4.79 Å². The summed E-state index contributed by atoms with van der Waals surface area (Å²) in [5, 5.41) is 2.57. The van der Waals surface area contributed by atoms with E-state index in [1.807, 2.05) is 0 Å². The summed E-state index contributed by atoms with van der Waals surface area (Å²) in [6.07, 6.45) is 5.71. The second-order valence-corrected chi connectivity index (χ2v) is 3.72. The minimum Gasteiger partial charge on any atom is -0.380 e. The number of nitrogens with one attached hydrogen (secondary N) is 1. The lowest BCUT2D eigenvalue weighted by molar-refractivity contribution is -0.109. The van der Waals surface area contributed by atoms with Gasteiger partial charge in [-0.15, -0.1) is 0 Å². The Bertz CT molecular complexity index is 128. The van der Waals surface area contributed by atoms with Crippen molar-refractivity contribution in [2.75, 3.05) is 19.8 Å². The Labute approximate surface area is 87.2 Å². The Kier molecular flexibility index (Phi) is 10.1. The Morgan fingerprint density at radius 3 is 2.79 bits per heavy atom. The molecule has 84 valence electrons. The lowest BCUT2D eigenvalue weighted by Crippen LogP contribution is -2.18. The number of hydrogen-bond acceptors (Lipinski definition) is 2. The van der Waals surface area contributed by atoms with E-state index in [1.165, 1.54) is 19.3 Å². The smallest absolute Gasteiger partial charge is 0.207 e. The van der Waals surface area contributed by atoms with E-state index >= 15 is 0 Å². The summed E-state index contributed by atoms with van der Waals surface area (Å²) in [6.45, 7) is 6.54. The second-order valence-electron chi connectivity index (χ2n) is 3.72. The first-order valence-corrected chi connectivity index (χ1v) is 5.56. The van der Waals surface area contributed by atoms with Crippen molar-refractivity contribution in [1.29, 1.82) is 0 Å². The molecule has 1 amide bonds. The van der Waals surface area contributed by atoms with E-state index in [-0.39, 0.29) is 0 Å². The van der Waals surface area contributed by atoms with Crippen molar-refractivity contribution >= 4 is 6.41 Å². The maximum Gasteiger partial charge on any atom is 0.207 e. The predicted molar refractivity (Wildman–Crippen MR) is 58.2 cm³/mol. The Balaban J connectivity index is 3.06. The molecule has 0 saturated heterocycles. The van der Waals surface area contributed by atoms with Gasteiger partial charge >= 0.3 is 0 Å². The molecular weight excluding hydrogens is 178 g/mol. The molecule has 0 aliphatic heterocycles. The summed E-state index contributed by atoms with van der Waals surface area (Å²) >= 11 is 0. The first-order valence-electron chi connectivity index (χ1n) is 5.56. The van der Waals surface area contributed by atoms with E-state index in [0.717, 1.165) is 18.9 Å². The van der Waals surface area contributed by atoms with Crippen molar-refractivity contribution in [2.24, 2.45) is 5.92 Å². The van der Waals surface area contributed by atoms with Gasteiger partial charge in [0.15, 0.2) is 0 Å². The van der Waals surface area contributed by atoms with Crippen LogP contribution in [0.15, 0.2) is 0 Å². The third-order valence-electron chi connectivity index (χ3n) is 2.28. The molecule has 1 N–H and O–H groups in total. The second kappa shape index (κ2) is 10.5. The van der Waals surface area contributed by atoms with Crippen LogP contribution in [0.4, 0.5) is 0 Å². The lowest BCUT2D eigenvalue weighted by Gasteiger charge is -2.10. The fourth-order valence-electron chi connectivity index (χ4n) is 1.27. The van der Waals surface area contributed by atoms with Crippen molar-refractivity contribution < 1.29 is 9.53 Å². The number of carbonyl (C=O) groups excluding carboxylic acids is 1. The van der Waals surface area contributed by atoms with E-state index in [2.05, 4.69) is 19.2 Å². The van der Waals surface area contributed by atoms with Crippen LogP contribution in [0.1, 0.15) is 39.5 Å². The molecule has 0 rings (SSSR count). The van der Waals surface area contributed by atoms with Crippen molar-refractivity contribution in [3.05, 3.63) is 0 Å². The average molecular weight is 201 g/mol. The Morgan fingerprint density at radius 2 is 2.14 bits per heavy atom. The summed E-state index contributed by atoms with van der Waals surface area (Å²) < 4.78 is 5.36. The van der Waals surface area contributed by atoms with Crippen LogP contribution in [-0.4, -0.2) is 26.2 Å². The topological polar surface area (TPSA) is 38.3 Å². The van der Waals surface area contributed by atoms with Crippen molar-refractivity contribution in [1.82, 2.24) is 5.32 Å². The molecular formula is C11H23NO2. The predicted octanol–water partition coefficient (Wildman–Crippen LogP) is 1.97. The summed E-state index contributed by atoms with van der Waals surface area (Å²) in [7, 11) is 0. The first-order chi connectivity index (χ1) is 6.81. The number of ether oxygens (including phenoxy) is 1. The molecule has 0 aliphatic carbocycles. The molecule has 0 saturated carbocycles. The highest BCUT2D eigenvalue weighted by Crippen LogP contribution is 2.11. The zero-order valence-electron chi connectivity index (χ0n) is 9.42. The third-order valence-corrected chi connectivity index (χ3v) is 2.28. The monoisotopic (exact) mass is 201 g/mol. The molecule has 3 heteroatoms. The van der Waals surface area contributed by atoms with Gasteiger partial charge in [-0.05, 0) is 12.3 Å². The van der Waals surface area contributed by atoms with E-state index < -0.39 is 0 Å². The molecule has 0 heterocycles. The van der Waals surface area contributed by atoms with Gasteiger partial charge in [-0.3, -0.25) is 4.79 Å². The summed E-state index contributed by atoms with van der Waals surface area (Å²) in [4.78, 5) is 9.90. The molecule has 0 radical (unpaired) electrons. The molecule has 0 aromatic heterocycles. The Morgan fingerprint density at radius 1 is 1.36 bits per heavy atom. The highest BCUT2D eigenvalue weighted by Gasteiger charge is 2.00. The van der Waals surface area contributed by atoms with Crippen LogP contribution in [0.3, 0.4) is 0 Å². The number of carbonyl (C=O) groups is 1. The summed E-state index contributed by atoms with van der Waals surface area (Å²) in [6, 6.07) is 0. The number of amides is 1. The van der Waals surface area contributed by atoms with Crippen LogP contribution in [-0.2, 0) is 9.53 Å². The number of hydrogen-bond donors (Lipinski definition) is 1. The van der Waals surface area contributed by atoms with Gasteiger partial charge in [-0.1, -0.05) is 33.1 Å². The van der Waals surface area contributed by atoms with Crippen molar-refractivity contribution in [2.45, 2.75) is 39.5 Å². The zero-order valence-corrected chi connectivity index (χ0v) is 9.42. The fraction of sp³-hybridized carbons (Fsp3) is 0.909. The highest BCUT2D eigenvalue weighted by atomic mass is 16.5. The van der Waals surface area contributed by atoms with E-state index in [4.69, 9.17) is 4.74 Å². The van der Waals surface area contributed by atoms with Crippen molar-refractivity contribution in [3.8, 4) is 0 Å². The number of unbranched alkanes of at least 4 members (excludes halogenated alkanes) is 1. The summed E-state index contributed by atoms with van der Waals surface area (Å²) in [5.74, 6) is 0.758. The zero-order chi connectivity index (χ0) is 10.6. The normalized spacial score (nSPS) is 12.4. The van der Waals surface area contributed by atoms with E-state index in [1.54, 1.807) is 0 Å². The minimum atomic E-state index is 0.618. The van der Waals surface area contributed by atoms with Gasteiger partial charge in [-0.25, -0.2) is 0 Å². The largest absolute Gasteiger partial charge is 0.380 e. The van der Waals surface area contributed by atoms with Crippen LogP contribution >= 0.6 is 0 Å². The highest BCUT2D eigenvalue weighted by molar-refractivity contribution is 5.45. The molecule has 0 aromatic rings. The van der Waals surface area contributed by atoms with Gasteiger partial charge in [0.1, 0.15) is 0 Å². The first kappa shape index (κ1) is 13.4. The van der Waals surface area contributed by atoms with Gasteiger partial charge in [0.25, 0.3) is 0 Å². The molecule has 0 aromatic carbocycles. The lowest BCUT2D eigenvalue weighted by atomic mass is 10.0. The maximum absolute atomic E-state index is 9.90. The SMILES string of the molecule is CCCCC(C)CCOCCNC=O. The van der Waals surface area contributed by atoms with Crippen molar-refractivity contribution in [3.63, 3.8) is 0 Å². The molecule has 0 fully saturated rings. The molecule has 1 atom stereocenters. The molecule has 3 nitrogen and oxygen atoms in total. The maximum atomic E-state index is 9.90. The third kappa shape index (κ3) is 9.52. The van der Waals surface area contributed by atoms with Crippen LogP contribution in [0.25, 0.3) is 0 Å². The summed E-state index contributed by atoms with van der Waals surface area (Å²) in [5.41, 5.74) is 0. The van der Waals surface area contributed by atoms with Gasteiger partial charge < -0.3 is 10.1 Å². The van der Waals surface area contributed by atoms with E-state index in [0.29, 0.717) is 19.6 Å². The van der Waals surface area contributed by atoms with Crippen LogP contribution < -0.4 is 5.32 Å². The molecule has 0 bridgehead atoms. The van der Waals surface area contributed by atoms with Gasteiger partial charge in [0.05, 0.1) is 6.61 Å². The molecule has 0 spiro atoms. The minimum absolute atomic E-state index is 0.618. The quantitative estimate of drug-likeness (QED) is 0.433. The van der Waals surface area contributed by atoms with Crippen LogP contribution in [0.2, 0.25) is 0 Å². The molecule has 14 heavy (non-hydrogen) atoms. The fourth-order valence-corrected chi connectivity index (χ4v) is 1.27. The average Bonchev–Trinajstić information content (AvgIpc) is 2.20. The Hall–Kier alpha value is -0.570.